The van der Waals surface area contributed by atoms with Gasteiger partial charge in [0.25, 0.3) is 0 Å². The summed E-state index contributed by atoms with van der Waals surface area (Å²) in [5.74, 6) is -0.604. The van der Waals surface area contributed by atoms with Crippen LogP contribution in [0, 0.1) is 0 Å². The van der Waals surface area contributed by atoms with Crippen LogP contribution < -0.4 is 0 Å². The first kappa shape index (κ1) is 55.3. The van der Waals surface area contributed by atoms with Crippen LogP contribution in [0.25, 0.3) is 0 Å². The number of rotatable bonds is 44. The second-order valence-corrected chi connectivity index (χ2v) is 16.2. The molecule has 0 aromatic rings. The first-order valence-electron chi connectivity index (χ1n) is 24.5. The molecule has 0 spiro atoms. The molecule has 0 saturated carbocycles. The zero-order chi connectivity index (χ0) is 42.1. The maximum atomic E-state index is 12.3. The van der Waals surface area contributed by atoms with E-state index in [2.05, 4.69) is 86.8 Å². The first-order chi connectivity index (χ1) is 28.6. The van der Waals surface area contributed by atoms with Crippen molar-refractivity contribution in [2.45, 2.75) is 238 Å². The number of ether oxygens (including phenoxy) is 2. The average molecular weight is 809 g/mol. The van der Waals surface area contributed by atoms with Crippen molar-refractivity contribution in [3.63, 3.8) is 0 Å². The standard InChI is InChI=1S/C53H92O5/c1-3-5-7-9-11-13-15-17-19-20-21-22-23-24-25-26-27-28-29-30-31-32-34-36-38-40-42-44-46-48-53(56)58-51(49-54)50-57-52(55)47-45-43-41-39-37-35-33-18-16-14-12-10-8-6-4-2/h5,7,11-14,17-19,21-22,33,51,54H,3-4,6,8-10,15-16,20,23-32,34-50H2,1-2H3/b7-5-,13-11-,14-12-,19-17-,22-21-,33-18-. The molecule has 0 aliphatic rings. The molecule has 0 heterocycles. The number of unbranched alkanes of at least 4 members (excludes halogenated alkanes) is 24. The second kappa shape index (κ2) is 48.7. The Morgan fingerprint density at radius 2 is 0.741 bits per heavy atom. The summed E-state index contributed by atoms with van der Waals surface area (Å²) in [6.07, 6.45) is 65.6. The third-order valence-electron chi connectivity index (χ3n) is 10.5. The van der Waals surface area contributed by atoms with Crippen molar-refractivity contribution in [2.24, 2.45) is 0 Å². The molecule has 0 aliphatic heterocycles. The van der Waals surface area contributed by atoms with Gasteiger partial charge in [0.15, 0.2) is 6.10 Å². The van der Waals surface area contributed by atoms with Crippen LogP contribution in [0.3, 0.4) is 0 Å². The SMILES string of the molecule is CC/C=C\C/C=C\C/C=C\C/C=C\CCCCCCCCCCCCCCCCCCC(=O)OC(CO)COC(=O)CCCCCCC/C=C\C/C=C\CCCCC. The Kier molecular flexibility index (Phi) is 46.5. The van der Waals surface area contributed by atoms with E-state index < -0.39 is 6.10 Å². The topological polar surface area (TPSA) is 72.8 Å². The Morgan fingerprint density at radius 3 is 1.12 bits per heavy atom. The third-order valence-corrected chi connectivity index (χ3v) is 10.5. The Hall–Kier alpha value is -2.66. The van der Waals surface area contributed by atoms with Gasteiger partial charge in [-0.05, 0) is 83.5 Å². The molecule has 334 valence electrons. The van der Waals surface area contributed by atoms with E-state index in [4.69, 9.17) is 9.47 Å². The Morgan fingerprint density at radius 1 is 0.414 bits per heavy atom. The molecule has 5 heteroatoms. The predicted octanol–water partition coefficient (Wildman–Crippen LogP) is 16.1. The van der Waals surface area contributed by atoms with Crippen LogP contribution in [0.2, 0.25) is 0 Å². The Bertz CT molecular complexity index is 1050. The summed E-state index contributed by atoms with van der Waals surface area (Å²) in [5, 5.41) is 9.60. The molecule has 1 N–H and O–H groups in total. The Balaban J connectivity index is 3.49. The summed E-state index contributed by atoms with van der Waals surface area (Å²) in [6.45, 7) is 4.00. The summed E-state index contributed by atoms with van der Waals surface area (Å²) in [4.78, 5) is 24.4. The number of hydrogen-bond donors (Lipinski definition) is 1. The van der Waals surface area contributed by atoms with E-state index in [9.17, 15) is 14.7 Å². The van der Waals surface area contributed by atoms with Gasteiger partial charge in [0, 0.05) is 12.8 Å². The van der Waals surface area contributed by atoms with Crippen molar-refractivity contribution < 1.29 is 24.2 Å². The maximum absolute atomic E-state index is 12.3. The van der Waals surface area contributed by atoms with Crippen molar-refractivity contribution in [3.05, 3.63) is 72.9 Å². The molecule has 1 atom stereocenters. The van der Waals surface area contributed by atoms with Crippen LogP contribution in [-0.4, -0.2) is 36.4 Å². The second-order valence-electron chi connectivity index (χ2n) is 16.2. The van der Waals surface area contributed by atoms with E-state index in [0.29, 0.717) is 12.8 Å². The third kappa shape index (κ3) is 46.0. The molecule has 0 aromatic heterocycles. The molecule has 0 aliphatic carbocycles. The molecule has 0 rings (SSSR count). The van der Waals surface area contributed by atoms with E-state index >= 15 is 0 Å². The molecule has 0 aromatic carbocycles. The van der Waals surface area contributed by atoms with Crippen molar-refractivity contribution >= 4 is 11.9 Å². The summed E-state index contributed by atoms with van der Waals surface area (Å²) in [7, 11) is 0. The fourth-order valence-corrected chi connectivity index (χ4v) is 6.81. The molecule has 0 fully saturated rings. The van der Waals surface area contributed by atoms with E-state index in [1.165, 1.54) is 128 Å². The predicted molar refractivity (Wildman–Crippen MR) is 251 cm³/mol. The van der Waals surface area contributed by atoms with E-state index in [1.807, 2.05) is 0 Å². The summed E-state index contributed by atoms with van der Waals surface area (Å²) < 4.78 is 10.6. The number of allylic oxidation sites excluding steroid dienone is 12. The lowest BCUT2D eigenvalue weighted by Crippen LogP contribution is -2.28. The van der Waals surface area contributed by atoms with Gasteiger partial charge in [-0.3, -0.25) is 9.59 Å². The monoisotopic (exact) mass is 809 g/mol. The minimum Gasteiger partial charge on any atom is -0.462 e. The summed E-state index contributed by atoms with van der Waals surface area (Å²) >= 11 is 0. The molecule has 0 bridgehead atoms. The van der Waals surface area contributed by atoms with E-state index in [0.717, 1.165) is 77.0 Å². The summed E-state index contributed by atoms with van der Waals surface area (Å²) in [6, 6.07) is 0. The lowest BCUT2D eigenvalue weighted by atomic mass is 10.0. The fourth-order valence-electron chi connectivity index (χ4n) is 6.81. The number of aliphatic hydroxyl groups excluding tert-OH is 1. The Labute approximate surface area is 359 Å². The van der Waals surface area contributed by atoms with Crippen LogP contribution in [0.15, 0.2) is 72.9 Å². The van der Waals surface area contributed by atoms with Crippen LogP contribution in [0.1, 0.15) is 232 Å². The van der Waals surface area contributed by atoms with Gasteiger partial charge in [-0.2, -0.15) is 0 Å². The van der Waals surface area contributed by atoms with Gasteiger partial charge in [0.1, 0.15) is 6.61 Å². The number of esters is 2. The lowest BCUT2D eigenvalue weighted by molar-refractivity contribution is -0.161. The smallest absolute Gasteiger partial charge is 0.306 e. The largest absolute Gasteiger partial charge is 0.462 e. The highest BCUT2D eigenvalue weighted by Crippen LogP contribution is 2.15. The number of aliphatic hydroxyl groups is 1. The van der Waals surface area contributed by atoms with Gasteiger partial charge >= 0.3 is 11.9 Å². The van der Waals surface area contributed by atoms with Crippen molar-refractivity contribution in [3.8, 4) is 0 Å². The lowest BCUT2D eigenvalue weighted by Gasteiger charge is -2.15. The molecule has 5 nitrogen and oxygen atoms in total. The zero-order valence-corrected chi connectivity index (χ0v) is 38.0. The van der Waals surface area contributed by atoms with Crippen LogP contribution in [-0.2, 0) is 19.1 Å². The highest BCUT2D eigenvalue weighted by molar-refractivity contribution is 5.70. The first-order valence-corrected chi connectivity index (χ1v) is 24.5. The maximum Gasteiger partial charge on any atom is 0.306 e. The molecule has 58 heavy (non-hydrogen) atoms. The van der Waals surface area contributed by atoms with Crippen molar-refractivity contribution in [2.75, 3.05) is 13.2 Å². The molecule has 0 saturated heterocycles. The van der Waals surface area contributed by atoms with Gasteiger partial charge in [-0.15, -0.1) is 0 Å². The minimum absolute atomic E-state index is 0.0739. The van der Waals surface area contributed by atoms with Gasteiger partial charge in [-0.1, -0.05) is 209 Å². The van der Waals surface area contributed by atoms with Gasteiger partial charge in [0.05, 0.1) is 6.61 Å². The molecule has 0 radical (unpaired) electrons. The average Bonchev–Trinajstić information content (AvgIpc) is 3.23. The molecule has 1 unspecified atom stereocenters. The van der Waals surface area contributed by atoms with Gasteiger partial charge in [0.2, 0.25) is 0 Å². The van der Waals surface area contributed by atoms with Gasteiger partial charge < -0.3 is 14.6 Å². The highest BCUT2D eigenvalue weighted by atomic mass is 16.6. The quantitative estimate of drug-likeness (QED) is 0.0377. The van der Waals surface area contributed by atoms with Crippen LogP contribution in [0.5, 0.6) is 0 Å². The number of hydrogen-bond acceptors (Lipinski definition) is 5. The number of carbonyl (C=O) groups is 2. The van der Waals surface area contributed by atoms with E-state index in [-0.39, 0.29) is 25.2 Å². The minimum atomic E-state index is -0.779. The van der Waals surface area contributed by atoms with Crippen LogP contribution >= 0.6 is 0 Å². The normalized spacial score (nSPS) is 12.8. The van der Waals surface area contributed by atoms with Crippen LogP contribution in [0.4, 0.5) is 0 Å². The van der Waals surface area contributed by atoms with Gasteiger partial charge in [-0.25, -0.2) is 0 Å². The van der Waals surface area contributed by atoms with Crippen molar-refractivity contribution in [1.82, 2.24) is 0 Å². The fraction of sp³-hybridized carbons (Fsp3) is 0.736. The van der Waals surface area contributed by atoms with Crippen molar-refractivity contribution in [1.29, 1.82) is 0 Å². The molecular formula is C53H92O5. The number of carbonyl (C=O) groups excluding carboxylic acids is 2. The highest BCUT2D eigenvalue weighted by Gasteiger charge is 2.16. The molecule has 0 amide bonds. The molecular weight excluding hydrogens is 717 g/mol. The van der Waals surface area contributed by atoms with E-state index in [1.54, 1.807) is 0 Å². The zero-order valence-electron chi connectivity index (χ0n) is 38.0. The summed E-state index contributed by atoms with van der Waals surface area (Å²) in [5.41, 5.74) is 0.